The first-order chi connectivity index (χ1) is 17.7. The molecule has 4 rings (SSSR count). The molecular weight excluding hydrogens is 524 g/mol. The van der Waals surface area contributed by atoms with Crippen LogP contribution >= 0.6 is 11.6 Å². The van der Waals surface area contributed by atoms with Gasteiger partial charge in [-0.2, -0.15) is 0 Å². The van der Waals surface area contributed by atoms with E-state index in [-0.39, 0.29) is 21.2 Å². The second kappa shape index (κ2) is 11.0. The molecule has 3 aromatic rings. The molecule has 0 aromatic heterocycles. The van der Waals surface area contributed by atoms with Crippen LogP contribution in [0.2, 0.25) is 5.02 Å². The number of carbonyl (C=O) groups is 1. The van der Waals surface area contributed by atoms with E-state index < -0.39 is 26.5 Å². The Kier molecular flexibility index (Phi) is 7.81. The van der Waals surface area contributed by atoms with Gasteiger partial charge in [-0.1, -0.05) is 11.6 Å². The lowest BCUT2D eigenvalue weighted by Gasteiger charge is -2.30. The minimum atomic E-state index is -4.09. The highest BCUT2D eigenvalue weighted by atomic mass is 35.5. The Labute approximate surface area is 218 Å². The third kappa shape index (κ3) is 6.10. The Morgan fingerprint density at radius 1 is 1.05 bits per heavy atom. The minimum absolute atomic E-state index is 0.00544. The number of amides is 1. The number of hydrogen-bond acceptors (Lipinski definition) is 8. The van der Waals surface area contributed by atoms with Crippen molar-refractivity contribution in [2.75, 3.05) is 48.4 Å². The lowest BCUT2D eigenvalue weighted by molar-refractivity contribution is -0.384. The molecule has 13 heteroatoms. The maximum absolute atomic E-state index is 13.5. The largest absolute Gasteiger partial charge is 0.497 e. The van der Waals surface area contributed by atoms with Gasteiger partial charge in [0.25, 0.3) is 21.6 Å². The fraction of sp³-hybridized carbons (Fsp3) is 0.208. The number of nitrogens with one attached hydrogen (secondary N) is 2. The lowest BCUT2D eigenvalue weighted by atomic mass is 10.1. The topological polar surface area (TPSA) is 140 Å². The van der Waals surface area contributed by atoms with Crippen molar-refractivity contribution < 1.29 is 27.6 Å². The van der Waals surface area contributed by atoms with Crippen LogP contribution in [0.4, 0.5) is 22.7 Å². The molecule has 11 nitrogen and oxygen atoms in total. The van der Waals surface area contributed by atoms with Gasteiger partial charge in [0.2, 0.25) is 0 Å². The quantitative estimate of drug-likeness (QED) is 0.317. The van der Waals surface area contributed by atoms with Crippen LogP contribution in [-0.2, 0) is 14.8 Å². The molecule has 1 fully saturated rings. The van der Waals surface area contributed by atoms with E-state index >= 15 is 0 Å². The van der Waals surface area contributed by atoms with Gasteiger partial charge in [0, 0.05) is 36.1 Å². The second-order valence-corrected chi connectivity index (χ2v) is 10.1. The molecule has 1 heterocycles. The first-order valence-electron chi connectivity index (χ1n) is 11.1. The molecule has 0 spiro atoms. The molecule has 0 saturated carbocycles. The van der Waals surface area contributed by atoms with Gasteiger partial charge in [0.15, 0.2) is 0 Å². The fourth-order valence-corrected chi connectivity index (χ4v) is 5.24. The smallest absolute Gasteiger partial charge is 0.288 e. The average molecular weight is 547 g/mol. The van der Waals surface area contributed by atoms with Gasteiger partial charge in [-0.25, -0.2) is 8.42 Å². The number of methoxy groups -OCH3 is 1. The molecular formula is C24H23ClN4O7S. The zero-order chi connectivity index (χ0) is 26.6. The first kappa shape index (κ1) is 26.2. The number of nitro groups is 1. The number of sulfonamides is 1. The van der Waals surface area contributed by atoms with Crippen LogP contribution in [0.25, 0.3) is 0 Å². The number of halogens is 1. The molecule has 1 aliphatic heterocycles. The van der Waals surface area contributed by atoms with Crippen LogP contribution in [0.5, 0.6) is 5.75 Å². The molecule has 1 amide bonds. The van der Waals surface area contributed by atoms with E-state index in [4.69, 9.17) is 21.1 Å². The molecule has 1 saturated heterocycles. The Morgan fingerprint density at radius 2 is 1.73 bits per heavy atom. The minimum Gasteiger partial charge on any atom is -0.497 e. The SMILES string of the molecule is COc1ccc(NS(=O)(=O)c2cc(NC(=O)c3ccc(Cl)c([N+](=O)[O-])c3)ccc2N2CCOCC2)cc1. The molecule has 2 N–H and O–H groups in total. The number of nitro benzene ring substituents is 1. The Bertz CT molecular complexity index is 1430. The summed E-state index contributed by atoms with van der Waals surface area (Å²) in [5.41, 5.74) is 0.550. The average Bonchev–Trinajstić information content (AvgIpc) is 2.89. The summed E-state index contributed by atoms with van der Waals surface area (Å²) >= 11 is 5.83. The fourth-order valence-electron chi connectivity index (χ4n) is 3.74. The van der Waals surface area contributed by atoms with E-state index in [2.05, 4.69) is 10.0 Å². The van der Waals surface area contributed by atoms with Crippen molar-refractivity contribution >= 4 is 50.3 Å². The van der Waals surface area contributed by atoms with Crippen molar-refractivity contribution in [2.45, 2.75) is 4.90 Å². The van der Waals surface area contributed by atoms with E-state index in [0.29, 0.717) is 43.4 Å². The van der Waals surface area contributed by atoms with Crippen molar-refractivity contribution in [3.05, 3.63) is 81.4 Å². The summed E-state index contributed by atoms with van der Waals surface area (Å²) in [4.78, 5) is 25.1. The Morgan fingerprint density at radius 3 is 2.38 bits per heavy atom. The van der Waals surface area contributed by atoms with Gasteiger partial charge in [-0.05, 0) is 54.6 Å². The normalized spacial score (nSPS) is 13.6. The van der Waals surface area contributed by atoms with Crippen LogP contribution in [0.3, 0.4) is 0 Å². The highest BCUT2D eigenvalue weighted by Crippen LogP contribution is 2.32. The molecule has 0 atom stereocenters. The summed E-state index contributed by atoms with van der Waals surface area (Å²) in [6.45, 7) is 1.87. The summed E-state index contributed by atoms with van der Waals surface area (Å²) < 4.78 is 40.0. The van der Waals surface area contributed by atoms with Crippen molar-refractivity contribution in [2.24, 2.45) is 0 Å². The lowest BCUT2D eigenvalue weighted by Crippen LogP contribution is -2.37. The van der Waals surface area contributed by atoms with Gasteiger partial charge in [-0.3, -0.25) is 19.6 Å². The van der Waals surface area contributed by atoms with Gasteiger partial charge >= 0.3 is 0 Å². The number of hydrogen-bond donors (Lipinski definition) is 2. The van der Waals surface area contributed by atoms with Crippen LogP contribution in [0, 0.1) is 10.1 Å². The number of anilines is 3. The summed E-state index contributed by atoms with van der Waals surface area (Å²) in [7, 11) is -2.58. The second-order valence-electron chi connectivity index (χ2n) is 7.99. The number of benzene rings is 3. The molecule has 0 aliphatic carbocycles. The molecule has 0 unspecified atom stereocenters. The van der Waals surface area contributed by atoms with E-state index in [1.54, 1.807) is 36.4 Å². The summed E-state index contributed by atoms with van der Waals surface area (Å²) in [5.74, 6) is -0.0885. The van der Waals surface area contributed by atoms with E-state index in [0.717, 1.165) is 6.07 Å². The van der Waals surface area contributed by atoms with Crippen LogP contribution in [0.1, 0.15) is 10.4 Å². The number of ether oxygens (including phenoxy) is 2. The summed E-state index contributed by atoms with van der Waals surface area (Å²) in [6.07, 6.45) is 0. The third-order valence-electron chi connectivity index (χ3n) is 5.61. The predicted octanol–water partition coefficient (Wildman–Crippen LogP) is 4.15. The molecule has 3 aromatic carbocycles. The monoisotopic (exact) mass is 546 g/mol. The van der Waals surface area contributed by atoms with Crippen molar-refractivity contribution in [3.63, 3.8) is 0 Å². The van der Waals surface area contributed by atoms with Gasteiger partial charge in [0.1, 0.15) is 15.7 Å². The van der Waals surface area contributed by atoms with Crippen LogP contribution in [-0.4, -0.2) is 52.7 Å². The number of nitrogens with zero attached hydrogens (tertiary/aromatic N) is 2. The van der Waals surface area contributed by atoms with E-state index in [1.165, 1.54) is 25.3 Å². The summed E-state index contributed by atoms with van der Waals surface area (Å²) in [5, 5.41) is 13.7. The molecule has 0 bridgehead atoms. The third-order valence-corrected chi connectivity index (χ3v) is 7.34. The van der Waals surface area contributed by atoms with Gasteiger partial charge in [-0.15, -0.1) is 0 Å². The zero-order valence-electron chi connectivity index (χ0n) is 19.6. The molecule has 0 radical (unpaired) electrons. The summed E-state index contributed by atoms with van der Waals surface area (Å²) in [6, 6.07) is 14.6. The van der Waals surface area contributed by atoms with Crippen molar-refractivity contribution in [3.8, 4) is 5.75 Å². The molecule has 1 aliphatic rings. The maximum Gasteiger partial charge on any atom is 0.288 e. The standard InChI is InChI=1S/C24H23ClN4O7S/c1-35-19-6-3-17(4-7-19)27-37(33,34)23-15-18(5-9-21(23)28-10-12-36-13-11-28)26-24(30)16-2-8-20(25)22(14-16)29(31)32/h2-9,14-15,27H,10-13H2,1H3,(H,26,30). The molecule has 194 valence electrons. The highest BCUT2D eigenvalue weighted by Gasteiger charge is 2.25. The van der Waals surface area contributed by atoms with E-state index in [9.17, 15) is 23.3 Å². The van der Waals surface area contributed by atoms with Gasteiger partial charge in [0.05, 0.1) is 30.9 Å². The Balaban J connectivity index is 1.67. The van der Waals surface area contributed by atoms with Crippen LogP contribution in [0.15, 0.2) is 65.6 Å². The van der Waals surface area contributed by atoms with Gasteiger partial charge < -0.3 is 19.7 Å². The zero-order valence-corrected chi connectivity index (χ0v) is 21.2. The van der Waals surface area contributed by atoms with Crippen molar-refractivity contribution in [1.82, 2.24) is 0 Å². The molecule has 37 heavy (non-hydrogen) atoms. The number of rotatable bonds is 8. The van der Waals surface area contributed by atoms with Crippen LogP contribution < -0.4 is 19.7 Å². The van der Waals surface area contributed by atoms with E-state index in [1.807, 2.05) is 4.90 Å². The number of carbonyl (C=O) groups excluding carboxylic acids is 1. The Hall–Kier alpha value is -3.87. The highest BCUT2D eigenvalue weighted by molar-refractivity contribution is 7.92. The number of morpholine rings is 1. The first-order valence-corrected chi connectivity index (χ1v) is 12.9. The van der Waals surface area contributed by atoms with Crippen molar-refractivity contribution in [1.29, 1.82) is 0 Å². The predicted molar refractivity (Wildman–Crippen MR) is 139 cm³/mol. The maximum atomic E-state index is 13.5.